The molecule has 0 aliphatic rings. The second kappa shape index (κ2) is 6.19. The maximum atomic E-state index is 5.92. The molecule has 0 aliphatic carbocycles. The van der Waals surface area contributed by atoms with Gasteiger partial charge in [0.15, 0.2) is 0 Å². The summed E-state index contributed by atoms with van der Waals surface area (Å²) in [4.78, 5) is 0. The molecular weight excluding hydrogens is 295 g/mol. The van der Waals surface area contributed by atoms with Crippen molar-refractivity contribution in [3.63, 3.8) is 0 Å². The van der Waals surface area contributed by atoms with E-state index < -0.39 is 5.75 Å². The molecule has 0 amide bonds. The predicted molar refractivity (Wildman–Crippen MR) is 73.8 cm³/mol. The lowest BCUT2D eigenvalue weighted by Gasteiger charge is -2.14. The Labute approximate surface area is 120 Å². The van der Waals surface area contributed by atoms with E-state index in [2.05, 4.69) is 0 Å². The van der Waals surface area contributed by atoms with Crippen molar-refractivity contribution in [2.45, 2.75) is 5.75 Å². The van der Waals surface area contributed by atoms with Crippen LogP contribution in [0.3, 0.4) is 0 Å². The first-order valence-electron chi connectivity index (χ1n) is 5.12. The smallest absolute Gasteiger partial charge is 0.322 e. The summed E-state index contributed by atoms with van der Waals surface area (Å²) in [5.74, 6) is 0.231. The lowest BCUT2D eigenvalue weighted by Crippen LogP contribution is -2.16. The summed E-state index contributed by atoms with van der Waals surface area (Å²) in [6.07, 6.45) is 0. The van der Waals surface area contributed by atoms with E-state index in [-0.39, 0.29) is 0 Å². The minimum atomic E-state index is -0.924. The van der Waals surface area contributed by atoms with E-state index in [1.807, 2.05) is 0 Å². The Morgan fingerprint density at radius 3 is 1.33 bits per heavy atom. The molecule has 0 unspecified atom stereocenters. The molecule has 2 aromatic rings. The van der Waals surface area contributed by atoms with Crippen LogP contribution >= 0.6 is 34.8 Å². The van der Waals surface area contributed by atoms with E-state index in [0.717, 1.165) is 0 Å². The molecule has 5 heteroatoms. The predicted octanol–water partition coefficient (Wildman–Crippen LogP) is 4.97. The van der Waals surface area contributed by atoms with Crippen molar-refractivity contribution in [2.75, 3.05) is 0 Å². The summed E-state index contributed by atoms with van der Waals surface area (Å²) >= 11 is 17.4. The molecule has 0 saturated carbocycles. The van der Waals surface area contributed by atoms with Gasteiger partial charge in [0.05, 0.1) is 0 Å². The van der Waals surface area contributed by atoms with Crippen LogP contribution < -0.4 is 9.47 Å². The van der Waals surface area contributed by atoms with Gasteiger partial charge < -0.3 is 9.47 Å². The van der Waals surface area contributed by atoms with Crippen molar-refractivity contribution >= 4 is 34.8 Å². The average Bonchev–Trinajstić information content (AvgIpc) is 2.35. The van der Waals surface area contributed by atoms with Crippen LogP contribution in [0.5, 0.6) is 11.5 Å². The zero-order valence-corrected chi connectivity index (χ0v) is 11.4. The van der Waals surface area contributed by atoms with Crippen molar-refractivity contribution in [1.29, 1.82) is 0 Å². The van der Waals surface area contributed by atoms with Crippen molar-refractivity contribution in [3.8, 4) is 11.5 Å². The first-order chi connectivity index (χ1) is 8.63. The monoisotopic (exact) mass is 302 g/mol. The Bertz CT molecular complexity index is 449. The number of ether oxygens (including phenoxy) is 2. The Morgan fingerprint density at radius 1 is 0.667 bits per heavy atom. The molecule has 0 bridgehead atoms. The molecule has 94 valence electrons. The molecule has 0 aromatic heterocycles. The van der Waals surface area contributed by atoms with Crippen molar-refractivity contribution in [2.24, 2.45) is 0 Å². The van der Waals surface area contributed by atoms with Crippen LogP contribution in [0.4, 0.5) is 0 Å². The highest BCUT2D eigenvalue weighted by atomic mass is 35.5. The molecule has 0 N–H and O–H groups in total. The highest BCUT2D eigenvalue weighted by Gasteiger charge is 2.07. The van der Waals surface area contributed by atoms with Crippen LogP contribution in [-0.2, 0) is 0 Å². The fraction of sp³-hybridized carbons (Fsp3) is 0.0769. The van der Waals surface area contributed by atoms with E-state index >= 15 is 0 Å². The van der Waals surface area contributed by atoms with Gasteiger partial charge >= 0.3 is 5.75 Å². The van der Waals surface area contributed by atoms with Gasteiger partial charge in [0.1, 0.15) is 11.5 Å². The molecule has 0 atom stereocenters. The summed E-state index contributed by atoms with van der Waals surface area (Å²) in [7, 11) is 0. The van der Waals surface area contributed by atoms with Gasteiger partial charge in [-0.2, -0.15) is 0 Å². The summed E-state index contributed by atoms with van der Waals surface area (Å²) in [5.41, 5.74) is 0. The minimum absolute atomic E-state index is 0.577. The molecule has 0 radical (unpaired) electrons. The van der Waals surface area contributed by atoms with Crippen LogP contribution in [0, 0.1) is 0 Å². The van der Waals surface area contributed by atoms with Crippen LogP contribution in [0.25, 0.3) is 0 Å². The third kappa shape index (κ3) is 3.98. The van der Waals surface area contributed by atoms with E-state index in [9.17, 15) is 0 Å². The summed E-state index contributed by atoms with van der Waals surface area (Å²) < 4.78 is 10.7. The maximum Gasteiger partial charge on any atom is 0.322 e. The van der Waals surface area contributed by atoms with Gasteiger partial charge in [-0.25, -0.2) is 0 Å². The van der Waals surface area contributed by atoms with Gasteiger partial charge in [-0.15, -0.1) is 0 Å². The topological polar surface area (TPSA) is 18.5 Å². The Hall–Kier alpha value is -1.09. The number of hydrogen-bond donors (Lipinski definition) is 0. The molecule has 0 aliphatic heterocycles. The van der Waals surface area contributed by atoms with Gasteiger partial charge in [0, 0.05) is 10.0 Å². The molecule has 0 heterocycles. The number of hydrogen-bond acceptors (Lipinski definition) is 2. The standard InChI is InChI=1S/C13H9Cl3O2/c14-9-1-5-11(6-2-9)17-13(16)18-12-7-3-10(15)4-8-12/h1-8,13H. The lowest BCUT2D eigenvalue weighted by molar-refractivity contribution is 0.0775. The van der Waals surface area contributed by atoms with Crippen molar-refractivity contribution in [3.05, 3.63) is 58.6 Å². The molecule has 2 rings (SSSR count). The third-order valence-electron chi connectivity index (χ3n) is 2.08. The quantitative estimate of drug-likeness (QED) is 0.586. The zero-order chi connectivity index (χ0) is 13.0. The van der Waals surface area contributed by atoms with E-state index in [4.69, 9.17) is 44.3 Å². The molecular formula is C13H9Cl3O2. The fourth-order valence-electron chi connectivity index (χ4n) is 1.26. The first kappa shape index (κ1) is 13.3. The SMILES string of the molecule is Clc1ccc(OC(Cl)Oc2ccc(Cl)cc2)cc1. The van der Waals surface area contributed by atoms with Gasteiger partial charge in [-0.1, -0.05) is 23.2 Å². The van der Waals surface area contributed by atoms with Crippen LogP contribution in [-0.4, -0.2) is 5.75 Å². The van der Waals surface area contributed by atoms with Gasteiger partial charge in [-0.3, -0.25) is 0 Å². The average molecular weight is 304 g/mol. The summed E-state index contributed by atoms with van der Waals surface area (Å²) in [6, 6.07) is 13.7. The van der Waals surface area contributed by atoms with Gasteiger partial charge in [-0.05, 0) is 60.1 Å². The second-order valence-corrected chi connectivity index (χ2v) is 4.65. The van der Waals surface area contributed by atoms with Crippen molar-refractivity contribution < 1.29 is 9.47 Å². The van der Waals surface area contributed by atoms with Gasteiger partial charge in [0.25, 0.3) is 0 Å². The molecule has 0 spiro atoms. The number of benzene rings is 2. The van der Waals surface area contributed by atoms with Crippen LogP contribution in [0.2, 0.25) is 10.0 Å². The van der Waals surface area contributed by atoms with Crippen LogP contribution in [0.15, 0.2) is 48.5 Å². The van der Waals surface area contributed by atoms with E-state index in [0.29, 0.717) is 21.5 Å². The molecule has 2 nitrogen and oxygen atoms in total. The summed E-state index contributed by atoms with van der Waals surface area (Å²) in [5, 5.41) is 1.26. The Balaban J connectivity index is 1.94. The molecule has 0 fully saturated rings. The zero-order valence-electron chi connectivity index (χ0n) is 9.15. The Kier molecular flexibility index (Phi) is 4.59. The highest BCUT2D eigenvalue weighted by Crippen LogP contribution is 2.21. The molecule has 0 saturated heterocycles. The second-order valence-electron chi connectivity index (χ2n) is 3.42. The normalized spacial score (nSPS) is 10.4. The van der Waals surface area contributed by atoms with Crippen LogP contribution in [0.1, 0.15) is 0 Å². The number of halogens is 3. The van der Waals surface area contributed by atoms with Crippen molar-refractivity contribution in [1.82, 2.24) is 0 Å². The van der Waals surface area contributed by atoms with E-state index in [1.54, 1.807) is 48.5 Å². The lowest BCUT2D eigenvalue weighted by atomic mass is 10.3. The molecule has 18 heavy (non-hydrogen) atoms. The largest absolute Gasteiger partial charge is 0.442 e. The first-order valence-corrected chi connectivity index (χ1v) is 6.31. The minimum Gasteiger partial charge on any atom is -0.442 e. The maximum absolute atomic E-state index is 5.92. The highest BCUT2D eigenvalue weighted by molar-refractivity contribution is 6.30. The third-order valence-corrected chi connectivity index (χ3v) is 2.77. The fourth-order valence-corrected chi connectivity index (χ4v) is 1.72. The van der Waals surface area contributed by atoms with E-state index in [1.165, 1.54) is 0 Å². The molecule has 2 aromatic carbocycles. The van der Waals surface area contributed by atoms with Gasteiger partial charge in [0.2, 0.25) is 0 Å². The Morgan fingerprint density at radius 2 is 1.00 bits per heavy atom. The number of rotatable bonds is 4. The number of alkyl halides is 1. The summed E-state index contributed by atoms with van der Waals surface area (Å²) in [6.45, 7) is 0.